The first-order chi connectivity index (χ1) is 26.0. The molecule has 0 fully saturated rings. The van der Waals surface area contributed by atoms with Crippen molar-refractivity contribution in [2.45, 2.75) is 19.3 Å². The van der Waals surface area contributed by atoms with Crippen molar-refractivity contribution in [2.24, 2.45) is 0 Å². The van der Waals surface area contributed by atoms with Crippen LogP contribution in [0.2, 0.25) is 0 Å². The molecule has 11 aromatic rings. The van der Waals surface area contributed by atoms with Crippen molar-refractivity contribution in [3.63, 3.8) is 0 Å². The van der Waals surface area contributed by atoms with Crippen molar-refractivity contribution in [2.75, 3.05) is 0 Å². The average molecular weight is 709 g/mol. The van der Waals surface area contributed by atoms with Gasteiger partial charge >= 0.3 is 0 Å². The molecule has 9 aromatic carbocycles. The average Bonchev–Trinajstić information content (AvgIpc) is 3.84. The predicted octanol–water partition coefficient (Wildman–Crippen LogP) is 15.5. The maximum atomic E-state index is 2.50. The SMILES string of the molecule is CC1(C)c2ccc(-c3c4ccccc4c(-c4ccc5c(c4)sc4ccccc45)c4ccccc34)cc2-c2ccc3ccc4c5ccccc5sc4c3c21. The molecule has 1 aliphatic rings. The Balaban J connectivity index is 1.11. The zero-order valence-corrected chi connectivity index (χ0v) is 31.0. The Kier molecular flexibility index (Phi) is 5.97. The number of thiophene rings is 2. The van der Waals surface area contributed by atoms with Crippen LogP contribution in [0.15, 0.2) is 158 Å². The summed E-state index contributed by atoms with van der Waals surface area (Å²) in [7, 11) is 0. The maximum Gasteiger partial charge on any atom is 0.0437 e. The molecular formula is C51H32S2. The highest BCUT2D eigenvalue weighted by Gasteiger charge is 2.38. The fourth-order valence-electron chi connectivity index (χ4n) is 9.70. The van der Waals surface area contributed by atoms with Crippen molar-refractivity contribution in [1.29, 1.82) is 0 Å². The predicted molar refractivity (Wildman–Crippen MR) is 233 cm³/mol. The lowest BCUT2D eigenvalue weighted by molar-refractivity contribution is 0.667. The van der Waals surface area contributed by atoms with Gasteiger partial charge in [-0.15, -0.1) is 22.7 Å². The Morgan fingerprint density at radius 3 is 1.58 bits per heavy atom. The quantitative estimate of drug-likeness (QED) is 0.157. The zero-order chi connectivity index (χ0) is 35.0. The molecule has 2 heteroatoms. The highest BCUT2D eigenvalue weighted by atomic mass is 32.1. The molecule has 0 nitrogen and oxygen atoms in total. The minimum atomic E-state index is -0.133. The Labute approximate surface area is 315 Å². The summed E-state index contributed by atoms with van der Waals surface area (Å²) in [6.07, 6.45) is 0. The Morgan fingerprint density at radius 1 is 0.396 bits per heavy atom. The van der Waals surface area contributed by atoms with E-state index < -0.39 is 0 Å². The van der Waals surface area contributed by atoms with Crippen LogP contribution in [0.3, 0.4) is 0 Å². The Morgan fingerprint density at radius 2 is 0.906 bits per heavy atom. The molecule has 1 aliphatic carbocycles. The minimum Gasteiger partial charge on any atom is -0.135 e. The van der Waals surface area contributed by atoms with Gasteiger partial charge in [-0.2, -0.15) is 0 Å². The lowest BCUT2D eigenvalue weighted by Gasteiger charge is -2.24. The third kappa shape index (κ3) is 4.00. The van der Waals surface area contributed by atoms with Crippen molar-refractivity contribution in [3.8, 4) is 33.4 Å². The molecule has 0 unspecified atom stereocenters. The van der Waals surface area contributed by atoms with E-state index in [-0.39, 0.29) is 5.41 Å². The van der Waals surface area contributed by atoms with Crippen LogP contribution in [0.5, 0.6) is 0 Å². The summed E-state index contributed by atoms with van der Waals surface area (Å²) < 4.78 is 5.44. The first-order valence-corrected chi connectivity index (χ1v) is 20.1. The van der Waals surface area contributed by atoms with E-state index in [4.69, 9.17) is 0 Å². The maximum absolute atomic E-state index is 2.50. The van der Waals surface area contributed by atoms with Gasteiger partial charge in [0.25, 0.3) is 0 Å². The van der Waals surface area contributed by atoms with Gasteiger partial charge < -0.3 is 0 Å². The second-order valence-corrected chi connectivity index (χ2v) is 17.3. The van der Waals surface area contributed by atoms with Crippen LogP contribution >= 0.6 is 22.7 Å². The molecular weight excluding hydrogens is 677 g/mol. The van der Waals surface area contributed by atoms with Crippen molar-refractivity contribution >= 4 is 95.3 Å². The van der Waals surface area contributed by atoms with Gasteiger partial charge in [0.15, 0.2) is 0 Å². The van der Waals surface area contributed by atoms with Gasteiger partial charge in [-0.25, -0.2) is 0 Å². The molecule has 0 aliphatic heterocycles. The number of fused-ring (bicyclic) bond motifs is 14. The van der Waals surface area contributed by atoms with Gasteiger partial charge in [-0.1, -0.05) is 147 Å². The fraction of sp³-hybridized carbons (Fsp3) is 0.0588. The van der Waals surface area contributed by atoms with Crippen LogP contribution in [0.25, 0.3) is 106 Å². The van der Waals surface area contributed by atoms with Crippen LogP contribution in [-0.2, 0) is 5.41 Å². The summed E-state index contributed by atoms with van der Waals surface area (Å²) >= 11 is 3.83. The van der Waals surface area contributed by atoms with Crippen molar-refractivity contribution in [1.82, 2.24) is 0 Å². The van der Waals surface area contributed by atoms with E-state index in [1.165, 1.54) is 117 Å². The Hall–Kier alpha value is -5.80. The summed E-state index contributed by atoms with van der Waals surface area (Å²) in [5.74, 6) is 0. The van der Waals surface area contributed by atoms with Crippen LogP contribution in [-0.4, -0.2) is 0 Å². The highest BCUT2D eigenvalue weighted by Crippen LogP contribution is 2.55. The van der Waals surface area contributed by atoms with E-state index in [0.29, 0.717) is 0 Å². The van der Waals surface area contributed by atoms with Gasteiger partial charge in [-0.3, -0.25) is 0 Å². The van der Waals surface area contributed by atoms with E-state index in [1.54, 1.807) is 0 Å². The van der Waals surface area contributed by atoms with Crippen LogP contribution in [0.1, 0.15) is 25.0 Å². The third-order valence-electron chi connectivity index (χ3n) is 12.0. The second-order valence-electron chi connectivity index (χ2n) is 15.2. The van der Waals surface area contributed by atoms with Crippen molar-refractivity contribution < 1.29 is 0 Å². The smallest absolute Gasteiger partial charge is 0.0437 e. The van der Waals surface area contributed by atoms with E-state index in [2.05, 4.69) is 172 Å². The lowest BCUT2D eigenvalue weighted by atomic mass is 9.79. The monoisotopic (exact) mass is 708 g/mol. The van der Waals surface area contributed by atoms with E-state index in [1.807, 2.05) is 22.7 Å². The number of hydrogen-bond donors (Lipinski definition) is 0. The third-order valence-corrected chi connectivity index (χ3v) is 14.4. The number of benzene rings is 9. The number of hydrogen-bond acceptors (Lipinski definition) is 2. The van der Waals surface area contributed by atoms with Gasteiger partial charge in [0.2, 0.25) is 0 Å². The molecule has 0 amide bonds. The summed E-state index contributed by atoms with van der Waals surface area (Å²) in [5, 5.41) is 13.3. The molecule has 0 radical (unpaired) electrons. The summed E-state index contributed by atoms with van der Waals surface area (Å²) in [4.78, 5) is 0. The molecule has 0 saturated carbocycles. The molecule has 0 N–H and O–H groups in total. The molecule has 53 heavy (non-hydrogen) atoms. The molecule has 12 rings (SSSR count). The minimum absolute atomic E-state index is 0.133. The van der Waals surface area contributed by atoms with Crippen LogP contribution in [0.4, 0.5) is 0 Å². The highest BCUT2D eigenvalue weighted by molar-refractivity contribution is 7.26. The van der Waals surface area contributed by atoms with Gasteiger partial charge in [0.1, 0.15) is 0 Å². The van der Waals surface area contributed by atoms with Crippen LogP contribution in [0, 0.1) is 0 Å². The second kappa shape index (κ2) is 10.6. The van der Waals surface area contributed by atoms with Crippen LogP contribution < -0.4 is 0 Å². The van der Waals surface area contributed by atoms with E-state index >= 15 is 0 Å². The van der Waals surface area contributed by atoms with Gasteiger partial charge in [0.05, 0.1) is 0 Å². The normalized spacial score (nSPS) is 13.6. The molecule has 0 saturated heterocycles. The standard InChI is InChI=1S/C51H32S2/c1-51(2)42-26-22-30(27-41(42)39-24-19-29-20-25-40-33-12-8-10-18-44(33)53-50(40)48(29)49(39)51)46-35-13-3-5-15-37(35)47(38-16-6-4-14-36(38)46)31-21-23-34-32-11-7-9-17-43(32)52-45(34)28-31/h3-28H,1-2H3. The summed E-state index contributed by atoms with van der Waals surface area (Å²) in [6.45, 7) is 4.85. The molecule has 248 valence electrons. The molecule has 2 aromatic heterocycles. The zero-order valence-electron chi connectivity index (χ0n) is 29.3. The first kappa shape index (κ1) is 29.7. The van der Waals surface area contributed by atoms with Gasteiger partial charge in [-0.05, 0) is 95.7 Å². The fourth-order valence-corrected chi connectivity index (χ4v) is 12.1. The largest absolute Gasteiger partial charge is 0.135 e. The molecule has 2 heterocycles. The van der Waals surface area contributed by atoms with Gasteiger partial charge in [0, 0.05) is 51.1 Å². The first-order valence-electron chi connectivity index (χ1n) is 18.4. The van der Waals surface area contributed by atoms with Crippen molar-refractivity contribution in [3.05, 3.63) is 169 Å². The van der Waals surface area contributed by atoms with E-state index in [9.17, 15) is 0 Å². The lowest BCUT2D eigenvalue weighted by Crippen LogP contribution is -2.15. The molecule has 0 atom stereocenters. The molecule has 0 bridgehead atoms. The topological polar surface area (TPSA) is 0 Å². The summed E-state index contributed by atoms with van der Waals surface area (Å²) in [5.41, 5.74) is 10.6. The number of rotatable bonds is 2. The Bertz CT molecular complexity index is 3310. The molecule has 0 spiro atoms. The van der Waals surface area contributed by atoms with E-state index in [0.717, 1.165) is 0 Å². The summed E-state index contributed by atoms with van der Waals surface area (Å²) in [6, 6.07) is 59.5.